The summed E-state index contributed by atoms with van der Waals surface area (Å²) in [6, 6.07) is 1.71. The molecule has 24 heavy (non-hydrogen) atoms. The van der Waals surface area contributed by atoms with Crippen molar-refractivity contribution >= 4 is 44.8 Å². The molecule has 0 radical (unpaired) electrons. The quantitative estimate of drug-likeness (QED) is 0.709. The van der Waals surface area contributed by atoms with Gasteiger partial charge in [-0.15, -0.1) is 11.3 Å². The summed E-state index contributed by atoms with van der Waals surface area (Å²) < 4.78 is 18.3. The fourth-order valence-corrected chi connectivity index (χ4v) is 4.67. The van der Waals surface area contributed by atoms with E-state index >= 15 is 0 Å². The molecule has 0 fully saturated rings. The Kier molecular flexibility index (Phi) is 4.94. The molecular formula is C16H18ClN3O2S2. The molecule has 0 spiro atoms. The number of thiophene rings is 1. The van der Waals surface area contributed by atoms with Crippen molar-refractivity contribution in [1.82, 2.24) is 15.0 Å². The average Bonchev–Trinajstić information content (AvgIpc) is 3.05. The lowest BCUT2D eigenvalue weighted by molar-refractivity contribution is 0.242. The zero-order chi connectivity index (χ0) is 17.4. The Morgan fingerprint density at radius 2 is 2.12 bits per heavy atom. The minimum absolute atomic E-state index is 0.00539. The molecule has 0 saturated heterocycles. The highest BCUT2D eigenvalue weighted by Gasteiger charge is 2.18. The van der Waals surface area contributed by atoms with Crippen LogP contribution in [0.5, 0.6) is 5.75 Å². The third-order valence-electron chi connectivity index (χ3n) is 3.45. The number of aromatic amines is 1. The van der Waals surface area contributed by atoms with E-state index in [9.17, 15) is 4.21 Å². The summed E-state index contributed by atoms with van der Waals surface area (Å²) in [5.41, 5.74) is 2.38. The summed E-state index contributed by atoms with van der Waals surface area (Å²) in [5.74, 6) is 0.742. The molecule has 1 N–H and O–H groups in total. The smallest absolute Gasteiger partial charge is 0.197 e. The summed E-state index contributed by atoms with van der Waals surface area (Å²) in [7, 11) is -1.36. The monoisotopic (exact) mass is 383 g/mol. The molecule has 3 rings (SSSR count). The number of aromatic nitrogens is 3. The van der Waals surface area contributed by atoms with E-state index < -0.39 is 10.8 Å². The molecule has 1 unspecified atom stereocenters. The Bertz CT molecular complexity index is 883. The number of rotatable bonds is 5. The number of halogens is 1. The SMILES string of the molecule is Cc1sc(C)c2[nH]c(S(=O)Cc3nccc(OC(C)C)c3Cl)nc12. The van der Waals surface area contributed by atoms with Gasteiger partial charge in [-0.1, -0.05) is 11.6 Å². The maximum Gasteiger partial charge on any atom is 0.197 e. The molecule has 0 bridgehead atoms. The zero-order valence-corrected chi connectivity index (χ0v) is 16.2. The molecule has 3 heterocycles. The molecule has 128 valence electrons. The van der Waals surface area contributed by atoms with Crippen LogP contribution >= 0.6 is 22.9 Å². The number of nitrogens with zero attached hydrogens (tertiary/aromatic N) is 2. The molecule has 0 aliphatic heterocycles. The Morgan fingerprint density at radius 3 is 2.79 bits per heavy atom. The number of imidazole rings is 1. The second-order valence-corrected chi connectivity index (χ2v) is 8.88. The van der Waals surface area contributed by atoms with Crippen molar-refractivity contribution < 1.29 is 8.95 Å². The van der Waals surface area contributed by atoms with E-state index in [0.29, 0.717) is 21.6 Å². The first-order valence-electron chi connectivity index (χ1n) is 7.51. The van der Waals surface area contributed by atoms with Gasteiger partial charge in [-0.25, -0.2) is 4.98 Å². The lowest BCUT2D eigenvalue weighted by Gasteiger charge is -2.12. The van der Waals surface area contributed by atoms with Crippen LogP contribution in [0.25, 0.3) is 11.0 Å². The third-order valence-corrected chi connectivity index (χ3v) is 6.02. The molecule has 0 saturated carbocycles. The summed E-state index contributed by atoms with van der Waals surface area (Å²) in [4.78, 5) is 14.2. The van der Waals surface area contributed by atoms with Crippen molar-refractivity contribution in [2.45, 2.75) is 44.7 Å². The van der Waals surface area contributed by atoms with E-state index in [0.717, 1.165) is 20.8 Å². The van der Waals surface area contributed by atoms with Crippen LogP contribution < -0.4 is 4.74 Å². The highest BCUT2D eigenvalue weighted by Crippen LogP contribution is 2.31. The van der Waals surface area contributed by atoms with Gasteiger partial charge in [0.1, 0.15) is 16.3 Å². The van der Waals surface area contributed by atoms with E-state index in [-0.39, 0.29) is 11.9 Å². The van der Waals surface area contributed by atoms with Crippen LogP contribution in [0.15, 0.2) is 17.4 Å². The Morgan fingerprint density at radius 1 is 1.38 bits per heavy atom. The predicted molar refractivity (Wildman–Crippen MR) is 98.6 cm³/mol. The highest BCUT2D eigenvalue weighted by atomic mass is 35.5. The number of fused-ring (bicyclic) bond motifs is 1. The number of ether oxygens (including phenoxy) is 1. The number of hydrogen-bond acceptors (Lipinski definition) is 5. The van der Waals surface area contributed by atoms with E-state index in [1.54, 1.807) is 23.6 Å². The lowest BCUT2D eigenvalue weighted by atomic mass is 10.3. The second kappa shape index (κ2) is 6.82. The van der Waals surface area contributed by atoms with Crippen LogP contribution in [0.2, 0.25) is 5.02 Å². The molecule has 3 aromatic rings. The van der Waals surface area contributed by atoms with Crippen molar-refractivity contribution in [3.63, 3.8) is 0 Å². The molecule has 3 aromatic heterocycles. The van der Waals surface area contributed by atoms with Crippen LogP contribution in [0.3, 0.4) is 0 Å². The van der Waals surface area contributed by atoms with Gasteiger partial charge in [0.2, 0.25) is 0 Å². The van der Waals surface area contributed by atoms with Gasteiger partial charge in [0.05, 0.1) is 33.9 Å². The molecule has 0 aliphatic rings. The highest BCUT2D eigenvalue weighted by molar-refractivity contribution is 7.84. The lowest BCUT2D eigenvalue weighted by Crippen LogP contribution is -2.08. The Labute approximate surface area is 151 Å². The van der Waals surface area contributed by atoms with Crippen molar-refractivity contribution in [1.29, 1.82) is 0 Å². The average molecular weight is 384 g/mol. The van der Waals surface area contributed by atoms with E-state index in [1.165, 1.54) is 0 Å². The molecule has 0 aromatic carbocycles. The molecule has 1 atom stereocenters. The molecule has 8 heteroatoms. The van der Waals surface area contributed by atoms with Crippen LogP contribution in [0, 0.1) is 13.8 Å². The Hall–Kier alpha value is -1.44. The summed E-state index contributed by atoms with van der Waals surface area (Å²) in [6.07, 6.45) is 1.62. The van der Waals surface area contributed by atoms with E-state index in [1.807, 2.05) is 27.7 Å². The van der Waals surface area contributed by atoms with Crippen LogP contribution in [-0.2, 0) is 16.6 Å². The third kappa shape index (κ3) is 3.34. The minimum atomic E-state index is -1.36. The van der Waals surface area contributed by atoms with Crippen LogP contribution in [0.4, 0.5) is 0 Å². The largest absolute Gasteiger partial charge is 0.489 e. The van der Waals surface area contributed by atoms with Gasteiger partial charge in [-0.3, -0.25) is 9.19 Å². The maximum atomic E-state index is 12.7. The van der Waals surface area contributed by atoms with Crippen molar-refractivity contribution in [3.8, 4) is 5.75 Å². The number of aryl methyl sites for hydroxylation is 2. The number of nitrogens with one attached hydrogen (secondary N) is 1. The zero-order valence-electron chi connectivity index (χ0n) is 13.8. The number of hydrogen-bond donors (Lipinski definition) is 1. The predicted octanol–water partition coefficient (Wildman–Crippen LogP) is 4.38. The first kappa shape index (κ1) is 17.4. The minimum Gasteiger partial charge on any atom is -0.489 e. The molecular weight excluding hydrogens is 366 g/mol. The Balaban J connectivity index is 1.87. The number of H-pyrrole nitrogens is 1. The van der Waals surface area contributed by atoms with Gasteiger partial charge in [-0.05, 0) is 27.7 Å². The second-order valence-electron chi connectivity index (χ2n) is 5.71. The van der Waals surface area contributed by atoms with Gasteiger partial charge >= 0.3 is 0 Å². The van der Waals surface area contributed by atoms with Crippen LogP contribution in [0.1, 0.15) is 29.3 Å². The fraction of sp³-hybridized carbons (Fsp3) is 0.375. The normalized spacial score (nSPS) is 12.9. The van der Waals surface area contributed by atoms with Gasteiger partial charge in [0, 0.05) is 22.0 Å². The van der Waals surface area contributed by atoms with E-state index in [2.05, 4.69) is 15.0 Å². The summed E-state index contributed by atoms with van der Waals surface area (Å²) >= 11 is 8.02. The van der Waals surface area contributed by atoms with Gasteiger partial charge in [0.25, 0.3) is 0 Å². The molecule has 0 amide bonds. The summed E-state index contributed by atoms with van der Waals surface area (Å²) in [5, 5.41) is 0.853. The maximum absolute atomic E-state index is 12.7. The number of pyridine rings is 1. The molecule has 0 aliphatic carbocycles. The van der Waals surface area contributed by atoms with Crippen LogP contribution in [-0.4, -0.2) is 25.3 Å². The van der Waals surface area contributed by atoms with Crippen molar-refractivity contribution in [2.75, 3.05) is 0 Å². The summed E-state index contributed by atoms with van der Waals surface area (Å²) in [6.45, 7) is 7.89. The van der Waals surface area contributed by atoms with Gasteiger partial charge in [0.15, 0.2) is 5.16 Å². The van der Waals surface area contributed by atoms with E-state index in [4.69, 9.17) is 16.3 Å². The fourth-order valence-electron chi connectivity index (χ4n) is 2.40. The topological polar surface area (TPSA) is 67.9 Å². The molecule has 5 nitrogen and oxygen atoms in total. The van der Waals surface area contributed by atoms with Crippen molar-refractivity contribution in [2.24, 2.45) is 0 Å². The van der Waals surface area contributed by atoms with Gasteiger partial charge in [-0.2, -0.15) is 0 Å². The van der Waals surface area contributed by atoms with Gasteiger partial charge < -0.3 is 9.72 Å². The first-order chi connectivity index (χ1) is 11.4. The first-order valence-corrected chi connectivity index (χ1v) is 10.0. The standard InChI is InChI=1S/C16H18ClN3O2S2/c1-8(2)22-12-5-6-18-11(13(12)17)7-24(21)16-19-14-9(3)23-10(4)15(14)20-16/h5-6,8H,7H2,1-4H3,(H,19,20). The van der Waals surface area contributed by atoms with Crippen molar-refractivity contribution in [3.05, 3.63) is 32.7 Å².